The van der Waals surface area contributed by atoms with E-state index in [1.54, 1.807) is 18.2 Å². The van der Waals surface area contributed by atoms with Crippen molar-refractivity contribution < 1.29 is 4.92 Å². The summed E-state index contributed by atoms with van der Waals surface area (Å²) in [4.78, 5) is 10.8. The van der Waals surface area contributed by atoms with Gasteiger partial charge in [0.25, 0.3) is 5.69 Å². The van der Waals surface area contributed by atoms with Gasteiger partial charge in [-0.2, -0.15) is 5.10 Å². The van der Waals surface area contributed by atoms with Crippen LogP contribution >= 0.6 is 0 Å². The topological polar surface area (TPSA) is 58.7 Å². The Hall–Kier alpha value is -3.47. The fourth-order valence-electron chi connectivity index (χ4n) is 2.45. The second-order valence-corrected chi connectivity index (χ2v) is 5.44. The number of rotatable bonds is 6. The predicted octanol–water partition coefficient (Wildman–Crippen LogP) is 4.64. The Morgan fingerprint density at radius 2 is 1.48 bits per heavy atom. The number of nitrogens with zero attached hydrogens (tertiary/aromatic N) is 3. The van der Waals surface area contributed by atoms with E-state index in [1.807, 2.05) is 65.7 Å². The van der Waals surface area contributed by atoms with E-state index >= 15 is 0 Å². The summed E-state index contributed by atoms with van der Waals surface area (Å²) in [6.07, 6.45) is 1.54. The molecule has 0 spiro atoms. The Morgan fingerprint density at radius 1 is 0.880 bits per heavy atom. The third-order valence-corrected chi connectivity index (χ3v) is 3.70. The predicted molar refractivity (Wildman–Crippen MR) is 99.8 cm³/mol. The minimum absolute atomic E-state index is 0.0407. The molecule has 0 saturated heterocycles. The van der Waals surface area contributed by atoms with E-state index in [0.29, 0.717) is 12.1 Å². The van der Waals surface area contributed by atoms with Crippen molar-refractivity contribution in [3.05, 3.63) is 106 Å². The molecule has 0 fully saturated rings. The van der Waals surface area contributed by atoms with Crippen LogP contribution in [0.15, 0.2) is 90.0 Å². The van der Waals surface area contributed by atoms with Crippen LogP contribution in [0.1, 0.15) is 11.1 Å². The number of nitro groups is 1. The summed E-state index contributed by atoms with van der Waals surface area (Å²) in [5.74, 6) is 0. The lowest BCUT2D eigenvalue weighted by Crippen LogP contribution is -2.16. The fourth-order valence-corrected chi connectivity index (χ4v) is 2.45. The number of anilines is 1. The van der Waals surface area contributed by atoms with Crippen molar-refractivity contribution in [2.75, 3.05) is 5.01 Å². The molecule has 0 bridgehead atoms. The van der Waals surface area contributed by atoms with Crippen molar-refractivity contribution in [3.8, 4) is 0 Å². The van der Waals surface area contributed by atoms with Crippen LogP contribution in [0, 0.1) is 10.1 Å². The SMILES string of the molecule is O=[N+]([O-])c1ccccc1/C=N\N(Cc1ccccc1)c1ccccc1. The maximum Gasteiger partial charge on any atom is 0.278 e. The first-order valence-corrected chi connectivity index (χ1v) is 7.88. The Bertz CT molecular complexity index is 864. The molecule has 124 valence electrons. The molecule has 0 saturated carbocycles. The Labute approximate surface area is 146 Å². The highest BCUT2D eigenvalue weighted by Crippen LogP contribution is 2.19. The zero-order chi connectivity index (χ0) is 17.5. The van der Waals surface area contributed by atoms with Crippen LogP contribution in [0.5, 0.6) is 0 Å². The number of hydrogen-bond donors (Lipinski definition) is 0. The summed E-state index contributed by atoms with van der Waals surface area (Å²) in [6.45, 7) is 0.571. The first-order valence-electron chi connectivity index (χ1n) is 7.88. The molecular formula is C20H17N3O2. The lowest BCUT2D eigenvalue weighted by atomic mass is 10.2. The molecule has 0 aliphatic carbocycles. The number of hydrogen-bond acceptors (Lipinski definition) is 4. The number of nitro benzene ring substituents is 1. The minimum atomic E-state index is -0.397. The average molecular weight is 331 g/mol. The average Bonchev–Trinajstić information content (AvgIpc) is 2.67. The number of hydrazone groups is 1. The lowest BCUT2D eigenvalue weighted by molar-refractivity contribution is -0.385. The zero-order valence-corrected chi connectivity index (χ0v) is 13.5. The largest absolute Gasteiger partial charge is 0.278 e. The summed E-state index contributed by atoms with van der Waals surface area (Å²) in [6, 6.07) is 26.3. The Morgan fingerprint density at radius 3 is 2.16 bits per heavy atom. The third-order valence-electron chi connectivity index (χ3n) is 3.70. The van der Waals surface area contributed by atoms with E-state index in [9.17, 15) is 10.1 Å². The number of benzene rings is 3. The molecule has 5 nitrogen and oxygen atoms in total. The first kappa shape index (κ1) is 16.4. The molecule has 0 radical (unpaired) electrons. The van der Waals surface area contributed by atoms with Gasteiger partial charge in [0.2, 0.25) is 0 Å². The van der Waals surface area contributed by atoms with Crippen LogP contribution in [0.2, 0.25) is 0 Å². The summed E-state index contributed by atoms with van der Waals surface area (Å²) in [5, 5.41) is 17.5. The molecule has 3 aromatic carbocycles. The molecule has 0 aromatic heterocycles. The van der Waals surface area contributed by atoms with E-state index in [2.05, 4.69) is 5.10 Å². The van der Waals surface area contributed by atoms with Gasteiger partial charge in [-0.15, -0.1) is 0 Å². The molecule has 0 unspecified atom stereocenters. The third kappa shape index (κ3) is 4.29. The van der Waals surface area contributed by atoms with E-state index in [1.165, 1.54) is 12.3 Å². The van der Waals surface area contributed by atoms with Gasteiger partial charge in [-0.05, 0) is 23.8 Å². The van der Waals surface area contributed by atoms with Crippen molar-refractivity contribution in [1.29, 1.82) is 0 Å². The molecule has 0 N–H and O–H groups in total. The highest BCUT2D eigenvalue weighted by molar-refractivity contribution is 5.85. The molecule has 0 amide bonds. The van der Waals surface area contributed by atoms with Crippen LogP contribution < -0.4 is 5.01 Å². The van der Waals surface area contributed by atoms with Crippen molar-refractivity contribution >= 4 is 17.6 Å². The van der Waals surface area contributed by atoms with Crippen LogP contribution in [-0.2, 0) is 6.54 Å². The molecule has 0 aliphatic heterocycles. The summed E-state index contributed by atoms with van der Waals surface area (Å²) in [7, 11) is 0. The summed E-state index contributed by atoms with van der Waals surface area (Å²) in [5.41, 5.74) is 2.53. The number of para-hydroxylation sites is 2. The Balaban J connectivity index is 1.91. The highest BCUT2D eigenvalue weighted by Gasteiger charge is 2.11. The van der Waals surface area contributed by atoms with Gasteiger partial charge in [0, 0.05) is 6.07 Å². The van der Waals surface area contributed by atoms with Gasteiger partial charge < -0.3 is 0 Å². The van der Waals surface area contributed by atoms with E-state index < -0.39 is 4.92 Å². The molecule has 3 rings (SSSR count). The molecule has 5 heteroatoms. The second-order valence-electron chi connectivity index (χ2n) is 5.44. The molecular weight excluding hydrogens is 314 g/mol. The molecule has 0 aliphatic rings. The Kier molecular flexibility index (Phi) is 5.16. The van der Waals surface area contributed by atoms with Gasteiger partial charge in [0.15, 0.2) is 0 Å². The van der Waals surface area contributed by atoms with Gasteiger partial charge in [-0.3, -0.25) is 15.1 Å². The highest BCUT2D eigenvalue weighted by atomic mass is 16.6. The quantitative estimate of drug-likeness (QED) is 0.376. The van der Waals surface area contributed by atoms with E-state index in [-0.39, 0.29) is 5.69 Å². The normalized spacial score (nSPS) is 10.7. The van der Waals surface area contributed by atoms with Crippen LogP contribution in [0.4, 0.5) is 11.4 Å². The van der Waals surface area contributed by atoms with Crippen LogP contribution in [0.25, 0.3) is 0 Å². The summed E-state index contributed by atoms with van der Waals surface area (Å²) < 4.78 is 0. The maximum absolute atomic E-state index is 11.2. The second kappa shape index (κ2) is 7.88. The van der Waals surface area contributed by atoms with Crippen molar-refractivity contribution in [3.63, 3.8) is 0 Å². The van der Waals surface area contributed by atoms with Crippen molar-refractivity contribution in [1.82, 2.24) is 0 Å². The van der Waals surface area contributed by atoms with Gasteiger partial charge in [0.05, 0.1) is 28.9 Å². The van der Waals surface area contributed by atoms with Gasteiger partial charge in [0.1, 0.15) is 0 Å². The molecule has 0 atom stereocenters. The van der Waals surface area contributed by atoms with Gasteiger partial charge in [-0.25, -0.2) is 0 Å². The molecule has 25 heavy (non-hydrogen) atoms. The van der Waals surface area contributed by atoms with Crippen molar-refractivity contribution in [2.24, 2.45) is 5.10 Å². The molecule has 3 aromatic rings. The monoisotopic (exact) mass is 331 g/mol. The smallest absolute Gasteiger partial charge is 0.261 e. The van der Waals surface area contributed by atoms with Gasteiger partial charge in [-0.1, -0.05) is 60.7 Å². The van der Waals surface area contributed by atoms with E-state index in [4.69, 9.17) is 0 Å². The van der Waals surface area contributed by atoms with Gasteiger partial charge >= 0.3 is 0 Å². The van der Waals surface area contributed by atoms with Crippen LogP contribution in [0.3, 0.4) is 0 Å². The maximum atomic E-state index is 11.2. The standard InChI is InChI=1S/C20H17N3O2/c24-23(25)20-14-8-7-11-18(20)15-21-22(19-12-5-2-6-13-19)16-17-9-3-1-4-10-17/h1-15H,16H2/b21-15-. The summed E-state index contributed by atoms with van der Waals surface area (Å²) >= 11 is 0. The fraction of sp³-hybridized carbons (Fsp3) is 0.0500. The first-order chi connectivity index (χ1) is 12.2. The van der Waals surface area contributed by atoms with Crippen molar-refractivity contribution in [2.45, 2.75) is 6.54 Å². The minimum Gasteiger partial charge on any atom is -0.261 e. The van der Waals surface area contributed by atoms with E-state index in [0.717, 1.165) is 11.3 Å². The van der Waals surface area contributed by atoms with Crippen LogP contribution in [-0.4, -0.2) is 11.1 Å². The zero-order valence-electron chi connectivity index (χ0n) is 13.5. The molecule has 0 heterocycles. The lowest BCUT2D eigenvalue weighted by Gasteiger charge is -2.19.